The topological polar surface area (TPSA) is 48.8 Å². The van der Waals surface area contributed by atoms with Gasteiger partial charge in [0, 0.05) is 23.4 Å². The molecule has 88 valence electrons. The molecule has 0 radical (unpaired) electrons. The molecule has 0 aromatic heterocycles. The van der Waals surface area contributed by atoms with E-state index in [-0.39, 0.29) is 0 Å². The highest BCUT2D eigenvalue weighted by molar-refractivity contribution is 5.47. The summed E-state index contributed by atoms with van der Waals surface area (Å²) in [5.74, 6) is 6.28. The summed E-state index contributed by atoms with van der Waals surface area (Å²) in [5.41, 5.74) is 10.1. The molecule has 0 saturated carbocycles. The summed E-state index contributed by atoms with van der Waals surface area (Å²) in [5, 5.41) is 3.65. The summed E-state index contributed by atoms with van der Waals surface area (Å²) in [6.07, 6.45) is 5.24. The van der Waals surface area contributed by atoms with Crippen LogP contribution in [0.4, 0.5) is 5.69 Å². The molecule has 0 fully saturated rings. The lowest BCUT2D eigenvalue weighted by atomic mass is 10.1. The highest BCUT2D eigenvalue weighted by Gasteiger charge is 1.96. The van der Waals surface area contributed by atoms with Crippen LogP contribution in [0.25, 0.3) is 10.4 Å². The van der Waals surface area contributed by atoms with Crippen molar-refractivity contribution in [2.24, 2.45) is 5.11 Å². The van der Waals surface area contributed by atoms with Gasteiger partial charge in [0.25, 0.3) is 0 Å². The lowest BCUT2D eigenvalue weighted by molar-refractivity contribution is 0.737. The Kier molecular flexibility index (Phi) is 6.40. The van der Waals surface area contributed by atoms with Crippen LogP contribution >= 0.6 is 0 Å². The Morgan fingerprint density at radius 2 is 2.06 bits per heavy atom. The average Bonchev–Trinajstić information content (AvgIpc) is 2.36. The smallest absolute Gasteiger partial charge is 0.0417 e. The second-order valence-electron chi connectivity index (χ2n) is 3.81. The van der Waals surface area contributed by atoms with E-state index in [0.29, 0.717) is 12.1 Å². The van der Waals surface area contributed by atoms with Crippen LogP contribution in [0.5, 0.6) is 0 Å². The Balaban J connectivity index is 2.53. The highest BCUT2D eigenvalue weighted by atomic mass is 15.1. The van der Waals surface area contributed by atoms with Crippen LogP contribution in [0, 0.1) is 11.8 Å². The van der Waals surface area contributed by atoms with Crippen molar-refractivity contribution < 1.29 is 0 Å². The van der Waals surface area contributed by atoms with Gasteiger partial charge in [0.1, 0.15) is 0 Å². The van der Waals surface area contributed by atoms with E-state index < -0.39 is 0 Å². The van der Waals surface area contributed by atoms with Crippen LogP contribution < -0.4 is 0 Å². The summed E-state index contributed by atoms with van der Waals surface area (Å²) in [6, 6.07) is 7.56. The Morgan fingerprint density at radius 1 is 1.24 bits per heavy atom. The number of nitrogens with zero attached hydrogens (tertiary/aromatic N) is 3. The molecule has 3 heteroatoms. The lowest BCUT2D eigenvalue weighted by Gasteiger charge is -1.98. The molecule has 17 heavy (non-hydrogen) atoms. The molecule has 0 unspecified atom stereocenters. The maximum atomic E-state index is 8.44. The van der Waals surface area contributed by atoms with Gasteiger partial charge in [-0.25, -0.2) is 0 Å². The molecule has 1 rings (SSSR count). The van der Waals surface area contributed by atoms with Crippen LogP contribution in [0.15, 0.2) is 29.4 Å². The monoisotopic (exact) mass is 227 g/mol. The molecule has 0 saturated heterocycles. The second-order valence-corrected chi connectivity index (χ2v) is 3.81. The predicted molar refractivity (Wildman–Crippen MR) is 70.9 cm³/mol. The Bertz CT molecular complexity index is 448. The fraction of sp³-hybridized carbons (Fsp3) is 0.429. The van der Waals surface area contributed by atoms with Gasteiger partial charge in [-0.05, 0) is 17.5 Å². The quantitative estimate of drug-likeness (QED) is 0.229. The summed E-state index contributed by atoms with van der Waals surface area (Å²) in [6.45, 7) is 2.18. The third-order valence-corrected chi connectivity index (χ3v) is 2.45. The number of benzene rings is 1. The van der Waals surface area contributed by atoms with Gasteiger partial charge < -0.3 is 0 Å². The predicted octanol–water partition coefficient (Wildman–Crippen LogP) is 4.75. The third kappa shape index (κ3) is 5.10. The SMILES string of the molecule is CCCCCC#CCc1ccccc1N=[N+]=[N-]. The van der Waals surface area contributed by atoms with E-state index in [9.17, 15) is 0 Å². The molecule has 0 atom stereocenters. The van der Waals surface area contributed by atoms with Crippen molar-refractivity contribution in [3.05, 3.63) is 40.3 Å². The average molecular weight is 227 g/mol. The first-order valence-corrected chi connectivity index (χ1v) is 5.97. The Morgan fingerprint density at radius 3 is 2.82 bits per heavy atom. The maximum Gasteiger partial charge on any atom is 0.0417 e. The normalized spacial score (nSPS) is 9.00. The van der Waals surface area contributed by atoms with Crippen molar-refractivity contribution in [2.45, 2.75) is 39.0 Å². The molecule has 1 aromatic rings. The van der Waals surface area contributed by atoms with Gasteiger partial charge in [0.05, 0.1) is 0 Å². The molecule has 0 aliphatic rings. The van der Waals surface area contributed by atoms with Crippen LogP contribution in [-0.2, 0) is 6.42 Å². The van der Waals surface area contributed by atoms with Crippen LogP contribution in [0.1, 0.15) is 38.2 Å². The van der Waals surface area contributed by atoms with Crippen LogP contribution in [0.3, 0.4) is 0 Å². The van der Waals surface area contributed by atoms with E-state index in [1.807, 2.05) is 24.3 Å². The largest absolute Gasteiger partial charge is 0.103 e. The second kappa shape index (κ2) is 8.27. The highest BCUT2D eigenvalue weighted by Crippen LogP contribution is 2.18. The minimum atomic E-state index is 0.654. The molecular weight excluding hydrogens is 210 g/mol. The van der Waals surface area contributed by atoms with E-state index in [1.54, 1.807) is 0 Å². The number of hydrogen-bond acceptors (Lipinski definition) is 1. The van der Waals surface area contributed by atoms with Crippen molar-refractivity contribution in [1.82, 2.24) is 0 Å². The van der Waals surface area contributed by atoms with Crippen molar-refractivity contribution in [3.8, 4) is 11.8 Å². The number of rotatable bonds is 5. The molecule has 0 N–H and O–H groups in total. The summed E-state index contributed by atoms with van der Waals surface area (Å²) >= 11 is 0. The first-order chi connectivity index (χ1) is 8.38. The Labute approximate surface area is 102 Å². The lowest BCUT2D eigenvalue weighted by Crippen LogP contribution is -1.81. The molecule has 3 nitrogen and oxygen atoms in total. The van der Waals surface area contributed by atoms with Gasteiger partial charge in [-0.3, -0.25) is 0 Å². The van der Waals surface area contributed by atoms with E-state index in [1.165, 1.54) is 19.3 Å². The van der Waals surface area contributed by atoms with Crippen LogP contribution in [0.2, 0.25) is 0 Å². The molecule has 1 aromatic carbocycles. The first kappa shape index (κ1) is 13.2. The molecular formula is C14H17N3. The van der Waals surface area contributed by atoms with Crippen LogP contribution in [-0.4, -0.2) is 0 Å². The minimum Gasteiger partial charge on any atom is -0.103 e. The molecule has 0 amide bonds. The fourth-order valence-corrected chi connectivity index (χ4v) is 1.52. The molecule has 0 heterocycles. The van der Waals surface area contributed by atoms with Crippen molar-refractivity contribution in [2.75, 3.05) is 0 Å². The molecule has 0 aliphatic carbocycles. The van der Waals surface area contributed by atoms with E-state index in [2.05, 4.69) is 28.8 Å². The fourth-order valence-electron chi connectivity index (χ4n) is 1.52. The minimum absolute atomic E-state index is 0.654. The van der Waals surface area contributed by atoms with Gasteiger partial charge >= 0.3 is 0 Å². The van der Waals surface area contributed by atoms with Gasteiger partial charge in [-0.1, -0.05) is 55.1 Å². The van der Waals surface area contributed by atoms with Gasteiger partial charge in [-0.2, -0.15) is 0 Å². The van der Waals surface area contributed by atoms with E-state index in [0.717, 1.165) is 12.0 Å². The zero-order valence-corrected chi connectivity index (χ0v) is 10.2. The summed E-state index contributed by atoms with van der Waals surface area (Å²) in [7, 11) is 0. The summed E-state index contributed by atoms with van der Waals surface area (Å²) in [4.78, 5) is 2.81. The van der Waals surface area contributed by atoms with Gasteiger partial charge in [0.2, 0.25) is 0 Å². The number of azide groups is 1. The maximum absolute atomic E-state index is 8.44. The van der Waals surface area contributed by atoms with E-state index in [4.69, 9.17) is 5.53 Å². The van der Waals surface area contributed by atoms with Gasteiger partial charge in [-0.15, -0.1) is 5.92 Å². The molecule has 0 spiro atoms. The van der Waals surface area contributed by atoms with Gasteiger partial charge in [0.15, 0.2) is 0 Å². The molecule has 0 aliphatic heterocycles. The van der Waals surface area contributed by atoms with Crippen molar-refractivity contribution in [1.29, 1.82) is 0 Å². The number of unbranched alkanes of at least 4 members (excludes halogenated alkanes) is 3. The molecule has 0 bridgehead atoms. The van der Waals surface area contributed by atoms with Crippen molar-refractivity contribution >= 4 is 5.69 Å². The zero-order chi connectivity index (χ0) is 12.3. The number of hydrogen-bond donors (Lipinski definition) is 0. The van der Waals surface area contributed by atoms with E-state index >= 15 is 0 Å². The first-order valence-electron chi connectivity index (χ1n) is 5.97. The Hall–Kier alpha value is -1.91. The standard InChI is InChI=1S/C14H17N3/c1-2-3-4-5-6-7-10-13-11-8-9-12-14(13)16-17-15/h8-9,11-12H,2-5,10H2,1H3. The van der Waals surface area contributed by atoms with Crippen molar-refractivity contribution in [3.63, 3.8) is 0 Å². The zero-order valence-electron chi connectivity index (χ0n) is 10.2. The third-order valence-electron chi connectivity index (χ3n) is 2.45. The summed E-state index contributed by atoms with van der Waals surface area (Å²) < 4.78 is 0.